The molecule has 1 aliphatic carbocycles. The van der Waals surface area contributed by atoms with E-state index in [9.17, 15) is 0 Å². The number of nitrogens with zero attached hydrogens (tertiary/aromatic N) is 1. The predicted molar refractivity (Wildman–Crippen MR) is 60.2 cm³/mol. The van der Waals surface area contributed by atoms with Gasteiger partial charge in [-0.2, -0.15) is 0 Å². The summed E-state index contributed by atoms with van der Waals surface area (Å²) in [5.41, 5.74) is 0.646. The number of alkyl halides is 1. The fraction of sp³-hybridized carbons (Fsp3) is 1.00. The summed E-state index contributed by atoms with van der Waals surface area (Å²) in [4.78, 5) is 3.44. The van der Waals surface area contributed by atoms with Crippen LogP contribution in [0.3, 0.4) is 0 Å². The average Bonchev–Trinajstić information content (AvgIpc) is 2.56. The SMILES string of the molecule is CC(C)CN1CCC2(C)C(Br)C2C1. The molecule has 76 valence electrons. The molecule has 3 atom stereocenters. The van der Waals surface area contributed by atoms with Gasteiger partial charge in [-0.25, -0.2) is 0 Å². The topological polar surface area (TPSA) is 3.24 Å². The zero-order chi connectivity index (χ0) is 9.64. The van der Waals surface area contributed by atoms with Gasteiger partial charge in [-0.1, -0.05) is 36.7 Å². The summed E-state index contributed by atoms with van der Waals surface area (Å²) in [6, 6.07) is 0. The van der Waals surface area contributed by atoms with Gasteiger partial charge in [0.25, 0.3) is 0 Å². The molecule has 0 radical (unpaired) electrons. The van der Waals surface area contributed by atoms with Crippen LogP contribution in [0.15, 0.2) is 0 Å². The molecule has 1 saturated carbocycles. The summed E-state index contributed by atoms with van der Waals surface area (Å²) >= 11 is 3.80. The molecule has 2 aliphatic rings. The van der Waals surface area contributed by atoms with Crippen molar-refractivity contribution in [3.8, 4) is 0 Å². The van der Waals surface area contributed by atoms with Crippen molar-refractivity contribution in [2.75, 3.05) is 19.6 Å². The molecule has 0 aromatic heterocycles. The number of rotatable bonds is 2. The number of hydrogen-bond donors (Lipinski definition) is 0. The predicted octanol–water partition coefficient (Wildman–Crippen LogP) is 2.75. The van der Waals surface area contributed by atoms with E-state index in [0.717, 1.165) is 16.7 Å². The molecule has 1 heterocycles. The summed E-state index contributed by atoms with van der Waals surface area (Å²) in [6.45, 7) is 11.0. The molecule has 0 N–H and O–H groups in total. The van der Waals surface area contributed by atoms with Gasteiger partial charge in [-0.05, 0) is 30.2 Å². The first-order valence-corrected chi connectivity index (χ1v) is 6.32. The van der Waals surface area contributed by atoms with Gasteiger partial charge in [-0.15, -0.1) is 0 Å². The highest BCUT2D eigenvalue weighted by Gasteiger charge is 2.61. The minimum atomic E-state index is 0.646. The minimum Gasteiger partial charge on any atom is -0.303 e. The van der Waals surface area contributed by atoms with Crippen molar-refractivity contribution in [1.82, 2.24) is 4.90 Å². The molecule has 0 amide bonds. The Bertz CT molecular complexity index is 204. The Morgan fingerprint density at radius 1 is 1.54 bits per heavy atom. The van der Waals surface area contributed by atoms with Crippen molar-refractivity contribution in [3.63, 3.8) is 0 Å². The van der Waals surface area contributed by atoms with Gasteiger partial charge in [0.2, 0.25) is 0 Å². The first-order chi connectivity index (χ1) is 6.04. The van der Waals surface area contributed by atoms with Gasteiger partial charge in [0.1, 0.15) is 0 Å². The summed E-state index contributed by atoms with van der Waals surface area (Å²) in [5, 5.41) is 0. The lowest BCUT2D eigenvalue weighted by atomic mass is 9.97. The molecular formula is C11H20BrN. The number of hydrogen-bond acceptors (Lipinski definition) is 1. The monoisotopic (exact) mass is 245 g/mol. The summed E-state index contributed by atoms with van der Waals surface area (Å²) in [6.07, 6.45) is 1.39. The first kappa shape index (κ1) is 9.97. The maximum Gasteiger partial charge on any atom is 0.0249 e. The van der Waals surface area contributed by atoms with Crippen LogP contribution in [-0.4, -0.2) is 29.4 Å². The van der Waals surface area contributed by atoms with Gasteiger partial charge in [0.05, 0.1) is 0 Å². The standard InChI is InChI=1S/C11H20BrN/c1-8(2)6-13-5-4-11(3)9(7-13)10(11)12/h8-10H,4-7H2,1-3H3. The van der Waals surface area contributed by atoms with E-state index < -0.39 is 0 Å². The maximum atomic E-state index is 3.80. The van der Waals surface area contributed by atoms with Crippen molar-refractivity contribution < 1.29 is 0 Å². The highest BCUT2D eigenvalue weighted by Crippen LogP contribution is 2.61. The maximum absolute atomic E-state index is 3.80. The van der Waals surface area contributed by atoms with Gasteiger partial charge in [-0.3, -0.25) is 0 Å². The van der Waals surface area contributed by atoms with Crippen molar-refractivity contribution >= 4 is 15.9 Å². The average molecular weight is 246 g/mol. The summed E-state index contributed by atoms with van der Waals surface area (Å²) in [7, 11) is 0. The molecule has 1 saturated heterocycles. The Morgan fingerprint density at radius 2 is 2.23 bits per heavy atom. The molecular weight excluding hydrogens is 226 g/mol. The van der Waals surface area contributed by atoms with Crippen molar-refractivity contribution in [2.24, 2.45) is 17.3 Å². The number of fused-ring (bicyclic) bond motifs is 1. The van der Waals surface area contributed by atoms with Crippen molar-refractivity contribution in [2.45, 2.75) is 32.0 Å². The Morgan fingerprint density at radius 3 is 2.77 bits per heavy atom. The molecule has 0 bridgehead atoms. The molecule has 1 aliphatic heterocycles. The van der Waals surface area contributed by atoms with Gasteiger partial charge in [0, 0.05) is 17.9 Å². The third kappa shape index (κ3) is 1.68. The molecule has 0 spiro atoms. The lowest BCUT2D eigenvalue weighted by molar-refractivity contribution is 0.169. The second-order valence-electron chi connectivity index (χ2n) is 5.42. The summed E-state index contributed by atoms with van der Waals surface area (Å²) in [5.74, 6) is 1.75. The number of halogens is 1. The number of likely N-dealkylation sites (tertiary alicyclic amines) is 1. The molecule has 2 fully saturated rings. The highest BCUT2D eigenvalue weighted by atomic mass is 79.9. The highest BCUT2D eigenvalue weighted by molar-refractivity contribution is 9.09. The van der Waals surface area contributed by atoms with E-state index in [0.29, 0.717) is 5.41 Å². The van der Waals surface area contributed by atoms with Crippen molar-refractivity contribution in [1.29, 1.82) is 0 Å². The van der Waals surface area contributed by atoms with E-state index in [4.69, 9.17) is 0 Å². The second kappa shape index (κ2) is 3.23. The van der Waals surface area contributed by atoms with Crippen LogP contribution in [0.5, 0.6) is 0 Å². The van der Waals surface area contributed by atoms with Crippen LogP contribution < -0.4 is 0 Å². The van der Waals surface area contributed by atoms with Crippen LogP contribution >= 0.6 is 15.9 Å². The quantitative estimate of drug-likeness (QED) is 0.677. The lowest BCUT2D eigenvalue weighted by Crippen LogP contribution is -2.36. The Hall–Kier alpha value is 0.440. The van der Waals surface area contributed by atoms with Gasteiger partial charge in [0.15, 0.2) is 0 Å². The van der Waals surface area contributed by atoms with E-state index in [1.165, 1.54) is 26.1 Å². The largest absolute Gasteiger partial charge is 0.303 e. The fourth-order valence-electron chi connectivity index (χ4n) is 2.68. The van der Waals surface area contributed by atoms with Crippen LogP contribution in [-0.2, 0) is 0 Å². The normalized spacial score (nSPS) is 45.0. The minimum absolute atomic E-state index is 0.646. The van der Waals surface area contributed by atoms with Gasteiger partial charge >= 0.3 is 0 Å². The van der Waals surface area contributed by atoms with Crippen LogP contribution in [0.2, 0.25) is 0 Å². The Labute approximate surface area is 90.0 Å². The van der Waals surface area contributed by atoms with Crippen LogP contribution in [0, 0.1) is 17.3 Å². The molecule has 13 heavy (non-hydrogen) atoms. The molecule has 2 rings (SSSR count). The van der Waals surface area contributed by atoms with Gasteiger partial charge < -0.3 is 4.90 Å². The Kier molecular flexibility index (Phi) is 2.48. The van der Waals surface area contributed by atoms with Crippen LogP contribution in [0.4, 0.5) is 0 Å². The van der Waals surface area contributed by atoms with E-state index in [-0.39, 0.29) is 0 Å². The molecule has 0 aromatic carbocycles. The third-order valence-electron chi connectivity index (χ3n) is 3.77. The molecule has 1 nitrogen and oxygen atoms in total. The zero-order valence-corrected chi connectivity index (χ0v) is 10.5. The molecule has 0 aromatic rings. The fourth-order valence-corrected chi connectivity index (χ4v) is 3.86. The molecule has 3 unspecified atom stereocenters. The van der Waals surface area contributed by atoms with E-state index in [1.807, 2.05) is 0 Å². The van der Waals surface area contributed by atoms with E-state index in [1.54, 1.807) is 0 Å². The lowest BCUT2D eigenvalue weighted by Gasteiger charge is -2.30. The third-order valence-corrected chi connectivity index (χ3v) is 5.45. The second-order valence-corrected chi connectivity index (χ2v) is 6.40. The summed E-state index contributed by atoms with van der Waals surface area (Å²) < 4.78 is 0. The number of piperidine rings is 1. The van der Waals surface area contributed by atoms with Crippen LogP contribution in [0.1, 0.15) is 27.2 Å². The first-order valence-electron chi connectivity index (χ1n) is 5.40. The van der Waals surface area contributed by atoms with E-state index >= 15 is 0 Å². The van der Waals surface area contributed by atoms with Crippen LogP contribution in [0.25, 0.3) is 0 Å². The smallest absolute Gasteiger partial charge is 0.0249 e. The Balaban J connectivity index is 1.87. The molecule has 2 heteroatoms. The zero-order valence-electron chi connectivity index (χ0n) is 8.89. The van der Waals surface area contributed by atoms with Crippen molar-refractivity contribution in [3.05, 3.63) is 0 Å². The van der Waals surface area contributed by atoms with E-state index in [2.05, 4.69) is 41.6 Å².